The number of rotatable bonds is 2. The summed E-state index contributed by atoms with van der Waals surface area (Å²) < 4.78 is 19.5. The Hall–Kier alpha value is -1.92. The van der Waals surface area contributed by atoms with Gasteiger partial charge >= 0.3 is 0 Å². The van der Waals surface area contributed by atoms with Gasteiger partial charge in [0.2, 0.25) is 0 Å². The SMILES string of the molecule is CN1C(=O)c2ccc(F)cc2OC2CN(Cc3cccs3)CC21. The number of hydrogen-bond acceptors (Lipinski definition) is 4. The topological polar surface area (TPSA) is 32.8 Å². The number of likely N-dealkylation sites (N-methyl/N-ethyl adjacent to an activating group) is 1. The maximum atomic E-state index is 13.5. The van der Waals surface area contributed by atoms with Crippen molar-refractivity contribution in [3.63, 3.8) is 0 Å². The summed E-state index contributed by atoms with van der Waals surface area (Å²) in [5, 5.41) is 2.06. The lowest BCUT2D eigenvalue weighted by Gasteiger charge is -2.25. The van der Waals surface area contributed by atoms with Crippen LogP contribution in [0.25, 0.3) is 0 Å². The number of thiophene rings is 1. The Morgan fingerprint density at radius 1 is 1.35 bits per heavy atom. The van der Waals surface area contributed by atoms with Crippen LogP contribution in [-0.2, 0) is 6.54 Å². The number of ether oxygens (including phenoxy) is 1. The monoisotopic (exact) mass is 332 g/mol. The minimum Gasteiger partial charge on any atom is -0.486 e. The van der Waals surface area contributed by atoms with E-state index in [1.54, 1.807) is 23.3 Å². The Labute approximate surface area is 138 Å². The van der Waals surface area contributed by atoms with E-state index in [2.05, 4.69) is 16.3 Å². The molecular weight excluding hydrogens is 315 g/mol. The second-order valence-corrected chi connectivity index (χ2v) is 7.09. The van der Waals surface area contributed by atoms with Crippen molar-refractivity contribution >= 4 is 17.2 Å². The van der Waals surface area contributed by atoms with Crippen LogP contribution in [0.5, 0.6) is 5.75 Å². The molecule has 1 amide bonds. The quantitative estimate of drug-likeness (QED) is 0.847. The minimum absolute atomic E-state index is 0.0158. The fourth-order valence-electron chi connectivity index (χ4n) is 3.35. The molecule has 1 aromatic heterocycles. The molecule has 2 atom stereocenters. The number of nitrogens with zero attached hydrogens (tertiary/aromatic N) is 2. The number of fused-ring (bicyclic) bond motifs is 2. The highest BCUT2D eigenvalue weighted by Crippen LogP contribution is 2.31. The van der Waals surface area contributed by atoms with E-state index in [1.807, 2.05) is 6.07 Å². The van der Waals surface area contributed by atoms with Gasteiger partial charge in [0.05, 0.1) is 11.6 Å². The third-order valence-corrected chi connectivity index (χ3v) is 5.40. The Morgan fingerprint density at radius 2 is 2.22 bits per heavy atom. The number of amides is 1. The molecule has 2 unspecified atom stereocenters. The molecule has 4 rings (SSSR count). The second kappa shape index (κ2) is 5.62. The average molecular weight is 332 g/mol. The zero-order valence-electron chi connectivity index (χ0n) is 12.7. The summed E-state index contributed by atoms with van der Waals surface area (Å²) in [6.45, 7) is 2.35. The highest BCUT2D eigenvalue weighted by Gasteiger charge is 2.42. The van der Waals surface area contributed by atoms with Crippen LogP contribution in [0.3, 0.4) is 0 Å². The van der Waals surface area contributed by atoms with Gasteiger partial charge in [-0.05, 0) is 23.6 Å². The molecule has 0 spiro atoms. The Balaban J connectivity index is 1.60. The number of carbonyl (C=O) groups excluding carboxylic acids is 1. The highest BCUT2D eigenvalue weighted by atomic mass is 32.1. The maximum Gasteiger partial charge on any atom is 0.257 e. The number of carbonyl (C=O) groups is 1. The van der Waals surface area contributed by atoms with Gasteiger partial charge in [-0.15, -0.1) is 11.3 Å². The van der Waals surface area contributed by atoms with Crippen LogP contribution < -0.4 is 4.74 Å². The third kappa shape index (κ3) is 2.62. The smallest absolute Gasteiger partial charge is 0.257 e. The molecule has 0 radical (unpaired) electrons. The molecule has 1 saturated heterocycles. The summed E-state index contributed by atoms with van der Waals surface area (Å²) in [6.07, 6.45) is -0.132. The molecule has 4 nitrogen and oxygen atoms in total. The summed E-state index contributed by atoms with van der Waals surface area (Å²) in [5.74, 6) is -0.135. The summed E-state index contributed by atoms with van der Waals surface area (Å²) in [6, 6.07) is 8.26. The van der Waals surface area contributed by atoms with Crippen LogP contribution in [0.1, 0.15) is 15.2 Å². The lowest BCUT2D eigenvalue weighted by molar-refractivity contribution is 0.0682. The van der Waals surface area contributed by atoms with Gasteiger partial charge in [0.25, 0.3) is 5.91 Å². The van der Waals surface area contributed by atoms with E-state index in [-0.39, 0.29) is 23.9 Å². The minimum atomic E-state index is -0.383. The van der Waals surface area contributed by atoms with Gasteiger partial charge in [-0.1, -0.05) is 6.07 Å². The lowest BCUT2D eigenvalue weighted by Crippen LogP contribution is -2.44. The number of hydrogen-bond donors (Lipinski definition) is 0. The number of halogens is 1. The van der Waals surface area contributed by atoms with Crippen molar-refractivity contribution in [1.29, 1.82) is 0 Å². The normalized spacial score (nSPS) is 24.1. The first-order valence-corrected chi connectivity index (χ1v) is 8.48. The molecular formula is C17H17FN2O2S. The third-order valence-electron chi connectivity index (χ3n) is 4.54. The van der Waals surface area contributed by atoms with Crippen molar-refractivity contribution in [1.82, 2.24) is 9.80 Å². The fourth-order valence-corrected chi connectivity index (χ4v) is 4.09. The van der Waals surface area contributed by atoms with Gasteiger partial charge in [-0.3, -0.25) is 9.69 Å². The molecule has 6 heteroatoms. The summed E-state index contributed by atoms with van der Waals surface area (Å²) in [5.41, 5.74) is 0.438. The zero-order valence-corrected chi connectivity index (χ0v) is 13.6. The maximum absolute atomic E-state index is 13.5. The average Bonchev–Trinajstić information content (AvgIpc) is 3.15. The first kappa shape index (κ1) is 14.7. The summed E-state index contributed by atoms with van der Waals surface area (Å²) >= 11 is 1.73. The molecule has 3 heterocycles. The van der Waals surface area contributed by atoms with E-state index in [0.29, 0.717) is 11.3 Å². The van der Waals surface area contributed by atoms with Crippen molar-refractivity contribution in [2.75, 3.05) is 20.1 Å². The number of benzene rings is 1. The largest absolute Gasteiger partial charge is 0.486 e. The molecule has 0 aliphatic carbocycles. The molecule has 0 N–H and O–H groups in total. The molecule has 2 aliphatic rings. The van der Waals surface area contributed by atoms with Gasteiger partial charge in [0.15, 0.2) is 0 Å². The fraction of sp³-hybridized carbons (Fsp3) is 0.353. The van der Waals surface area contributed by atoms with E-state index in [4.69, 9.17) is 4.74 Å². The molecule has 23 heavy (non-hydrogen) atoms. The van der Waals surface area contributed by atoms with Crippen LogP contribution in [0, 0.1) is 5.82 Å². The van der Waals surface area contributed by atoms with E-state index in [1.165, 1.54) is 23.1 Å². The van der Waals surface area contributed by atoms with Crippen molar-refractivity contribution < 1.29 is 13.9 Å². The summed E-state index contributed by atoms with van der Waals surface area (Å²) in [4.78, 5) is 17.9. The first-order valence-electron chi connectivity index (χ1n) is 7.60. The highest BCUT2D eigenvalue weighted by molar-refractivity contribution is 7.09. The van der Waals surface area contributed by atoms with Crippen LogP contribution >= 0.6 is 11.3 Å². The van der Waals surface area contributed by atoms with Crippen molar-refractivity contribution in [2.24, 2.45) is 0 Å². The molecule has 120 valence electrons. The van der Waals surface area contributed by atoms with Gasteiger partial charge in [0, 0.05) is 37.6 Å². The van der Waals surface area contributed by atoms with Gasteiger partial charge in [0.1, 0.15) is 17.7 Å². The Bertz CT molecular complexity index is 734. The van der Waals surface area contributed by atoms with Crippen LogP contribution in [0.2, 0.25) is 0 Å². The first-order chi connectivity index (χ1) is 11.1. The molecule has 1 aromatic carbocycles. The van der Waals surface area contributed by atoms with Gasteiger partial charge < -0.3 is 9.64 Å². The Kier molecular flexibility index (Phi) is 3.58. The summed E-state index contributed by atoms with van der Waals surface area (Å²) in [7, 11) is 1.80. The van der Waals surface area contributed by atoms with Crippen molar-refractivity contribution in [3.8, 4) is 5.75 Å². The van der Waals surface area contributed by atoms with Gasteiger partial charge in [-0.25, -0.2) is 4.39 Å². The molecule has 2 aromatic rings. The van der Waals surface area contributed by atoms with Crippen LogP contribution in [0.4, 0.5) is 4.39 Å². The Morgan fingerprint density at radius 3 is 3.00 bits per heavy atom. The predicted molar refractivity (Wildman–Crippen MR) is 86.3 cm³/mol. The van der Waals surface area contributed by atoms with Crippen LogP contribution in [0.15, 0.2) is 35.7 Å². The molecule has 0 saturated carbocycles. The second-order valence-electron chi connectivity index (χ2n) is 6.05. The standard InChI is InChI=1S/C17H17FN2O2S/c1-19-14-9-20(8-12-3-2-6-23-12)10-16(14)22-15-7-11(18)4-5-13(15)17(19)21/h2-7,14,16H,8-10H2,1H3. The van der Waals surface area contributed by atoms with E-state index in [9.17, 15) is 9.18 Å². The van der Waals surface area contributed by atoms with Crippen molar-refractivity contribution in [3.05, 3.63) is 52.0 Å². The molecule has 2 aliphatic heterocycles. The van der Waals surface area contributed by atoms with E-state index < -0.39 is 0 Å². The lowest BCUT2D eigenvalue weighted by atomic mass is 10.1. The molecule has 0 bridgehead atoms. The molecule has 1 fully saturated rings. The van der Waals surface area contributed by atoms with E-state index in [0.717, 1.165) is 19.6 Å². The van der Waals surface area contributed by atoms with Crippen LogP contribution in [-0.4, -0.2) is 48.0 Å². The van der Waals surface area contributed by atoms with E-state index >= 15 is 0 Å². The zero-order chi connectivity index (χ0) is 16.0. The van der Waals surface area contributed by atoms with Gasteiger partial charge in [-0.2, -0.15) is 0 Å². The predicted octanol–water partition coefficient (Wildman–Crippen LogP) is 2.60. The van der Waals surface area contributed by atoms with Crippen molar-refractivity contribution in [2.45, 2.75) is 18.7 Å². The number of likely N-dealkylation sites (tertiary alicyclic amines) is 1.